The maximum atomic E-state index is 13.3. The molecule has 0 saturated carbocycles. The van der Waals surface area contributed by atoms with Crippen LogP contribution in [0.15, 0.2) is 48.5 Å². The van der Waals surface area contributed by atoms with Gasteiger partial charge in [-0.05, 0) is 54.8 Å². The molecule has 4 rings (SSSR count). The zero-order valence-electron chi connectivity index (χ0n) is 18.7. The molecule has 2 aromatic rings. The molecule has 2 aromatic carbocycles. The summed E-state index contributed by atoms with van der Waals surface area (Å²) in [6, 6.07) is 15.1. The van der Waals surface area contributed by atoms with Gasteiger partial charge in [-0.15, -0.1) is 24.8 Å². The largest absolute Gasteiger partial charge is 0.339 e. The van der Waals surface area contributed by atoms with Crippen LogP contribution in [0.25, 0.3) is 11.1 Å². The first-order valence-corrected chi connectivity index (χ1v) is 11.2. The van der Waals surface area contributed by atoms with Crippen molar-refractivity contribution < 1.29 is 9.18 Å². The summed E-state index contributed by atoms with van der Waals surface area (Å²) in [7, 11) is 0. The van der Waals surface area contributed by atoms with Gasteiger partial charge in [-0.25, -0.2) is 4.39 Å². The molecule has 0 spiro atoms. The number of carbonyl (C=O) groups is 1. The van der Waals surface area contributed by atoms with Crippen molar-refractivity contribution in [1.29, 1.82) is 0 Å². The summed E-state index contributed by atoms with van der Waals surface area (Å²) in [4.78, 5) is 19.9. The lowest BCUT2D eigenvalue weighted by Crippen LogP contribution is -2.55. The van der Waals surface area contributed by atoms with E-state index in [-0.39, 0.29) is 36.7 Å². The van der Waals surface area contributed by atoms with Crippen LogP contribution in [0.5, 0.6) is 0 Å². The lowest BCUT2D eigenvalue weighted by atomic mass is 9.99. The summed E-state index contributed by atoms with van der Waals surface area (Å²) in [5.41, 5.74) is 3.43. The molecular weight excluding hydrogens is 448 g/mol. The summed E-state index contributed by atoms with van der Waals surface area (Å²) in [5, 5.41) is 0. The number of hydrogen-bond acceptors (Lipinski definition) is 3. The van der Waals surface area contributed by atoms with Gasteiger partial charge in [-0.3, -0.25) is 14.6 Å². The molecule has 1 atom stereocenters. The first kappa shape index (κ1) is 26.6. The van der Waals surface area contributed by atoms with E-state index in [1.54, 1.807) is 0 Å². The van der Waals surface area contributed by atoms with Crippen LogP contribution in [0.2, 0.25) is 0 Å². The van der Waals surface area contributed by atoms with E-state index in [0.29, 0.717) is 5.91 Å². The predicted octanol–water partition coefficient (Wildman–Crippen LogP) is 4.85. The number of piperazine rings is 1. The Labute approximate surface area is 203 Å². The number of carbonyl (C=O) groups excluding carboxylic acids is 1. The number of nitrogens with zero attached hydrogens (tertiary/aromatic N) is 3. The molecule has 7 heteroatoms. The van der Waals surface area contributed by atoms with Gasteiger partial charge in [0.05, 0.1) is 6.04 Å². The minimum absolute atomic E-state index is 0. The fraction of sp³-hybridized carbons (Fsp3) is 0.480. The molecule has 2 heterocycles. The van der Waals surface area contributed by atoms with Crippen molar-refractivity contribution in [2.24, 2.45) is 0 Å². The zero-order chi connectivity index (χ0) is 20.9. The Bertz CT molecular complexity index is 857. The molecule has 0 unspecified atom stereocenters. The fourth-order valence-electron chi connectivity index (χ4n) is 4.80. The predicted molar refractivity (Wildman–Crippen MR) is 133 cm³/mol. The van der Waals surface area contributed by atoms with Crippen molar-refractivity contribution in [2.45, 2.75) is 38.8 Å². The van der Waals surface area contributed by atoms with E-state index < -0.39 is 0 Å². The Morgan fingerprint density at radius 3 is 2.31 bits per heavy atom. The number of piperidine rings is 1. The van der Waals surface area contributed by atoms with E-state index in [9.17, 15) is 9.18 Å². The monoisotopic (exact) mass is 481 g/mol. The van der Waals surface area contributed by atoms with E-state index in [2.05, 4.69) is 39.8 Å². The second kappa shape index (κ2) is 12.5. The van der Waals surface area contributed by atoms with Gasteiger partial charge in [-0.1, -0.05) is 49.7 Å². The molecule has 0 radical (unpaired) electrons. The van der Waals surface area contributed by atoms with Gasteiger partial charge >= 0.3 is 0 Å². The third kappa shape index (κ3) is 6.22. The van der Waals surface area contributed by atoms with Crippen molar-refractivity contribution in [2.75, 3.05) is 39.3 Å². The third-order valence-electron chi connectivity index (χ3n) is 6.56. The quantitative estimate of drug-likeness (QED) is 0.610. The Hall–Kier alpha value is -1.66. The van der Waals surface area contributed by atoms with E-state index in [0.717, 1.165) is 69.8 Å². The summed E-state index contributed by atoms with van der Waals surface area (Å²) >= 11 is 0. The zero-order valence-corrected chi connectivity index (χ0v) is 20.3. The minimum Gasteiger partial charge on any atom is -0.339 e. The van der Waals surface area contributed by atoms with Gasteiger partial charge in [0, 0.05) is 32.7 Å². The number of hydrogen-bond donors (Lipinski definition) is 0. The second-order valence-electron chi connectivity index (χ2n) is 8.41. The Morgan fingerprint density at radius 2 is 1.62 bits per heavy atom. The van der Waals surface area contributed by atoms with Crippen LogP contribution < -0.4 is 0 Å². The Balaban J connectivity index is 0.00000181. The minimum atomic E-state index is -0.211. The maximum absolute atomic E-state index is 13.3. The summed E-state index contributed by atoms with van der Waals surface area (Å²) < 4.78 is 13.3. The van der Waals surface area contributed by atoms with E-state index >= 15 is 0 Å². The topological polar surface area (TPSA) is 26.8 Å². The molecule has 0 aliphatic carbocycles. The van der Waals surface area contributed by atoms with Crippen molar-refractivity contribution in [3.8, 4) is 11.1 Å². The standard InChI is InChI=1S/C25H32FN3O.2ClH/c1-2-28-14-6-5-9-24(28)25(30)29-17-15-27(16-18-29)19-21-7-3-4-8-23(21)20-10-12-22(26)13-11-20;;/h3-4,7-8,10-13,24H,2,5-6,9,14-19H2,1H3;2*1H/t24-;;/m0../s1. The molecule has 1 amide bonds. The van der Waals surface area contributed by atoms with Gasteiger partial charge in [0.1, 0.15) is 5.82 Å². The van der Waals surface area contributed by atoms with E-state index in [4.69, 9.17) is 0 Å². The number of likely N-dealkylation sites (N-methyl/N-ethyl adjacent to an activating group) is 1. The highest BCUT2D eigenvalue weighted by Crippen LogP contribution is 2.26. The molecular formula is C25H34Cl2FN3O. The number of amides is 1. The van der Waals surface area contributed by atoms with Crippen molar-refractivity contribution >= 4 is 30.7 Å². The van der Waals surface area contributed by atoms with Crippen LogP contribution in [0.3, 0.4) is 0 Å². The Morgan fingerprint density at radius 1 is 0.938 bits per heavy atom. The number of benzene rings is 2. The highest BCUT2D eigenvalue weighted by Gasteiger charge is 2.32. The van der Waals surface area contributed by atoms with E-state index in [1.807, 2.05) is 18.2 Å². The maximum Gasteiger partial charge on any atom is 0.240 e. The third-order valence-corrected chi connectivity index (χ3v) is 6.56. The number of rotatable bonds is 5. The first-order valence-electron chi connectivity index (χ1n) is 11.2. The highest BCUT2D eigenvalue weighted by molar-refractivity contribution is 5.85. The molecule has 176 valence electrons. The van der Waals surface area contributed by atoms with Crippen LogP contribution in [0.4, 0.5) is 4.39 Å². The number of halogens is 3. The lowest BCUT2D eigenvalue weighted by molar-refractivity contribution is -0.140. The molecule has 32 heavy (non-hydrogen) atoms. The first-order chi connectivity index (χ1) is 14.7. The molecule has 2 saturated heterocycles. The summed E-state index contributed by atoms with van der Waals surface area (Å²) in [6.45, 7) is 8.38. The summed E-state index contributed by atoms with van der Waals surface area (Å²) in [6.07, 6.45) is 3.36. The normalized spacial score (nSPS) is 19.7. The van der Waals surface area contributed by atoms with Gasteiger partial charge in [-0.2, -0.15) is 0 Å². The van der Waals surface area contributed by atoms with Crippen LogP contribution in [0, 0.1) is 5.82 Å². The fourth-order valence-corrected chi connectivity index (χ4v) is 4.80. The van der Waals surface area contributed by atoms with Crippen LogP contribution in [-0.2, 0) is 11.3 Å². The molecule has 0 bridgehead atoms. The molecule has 2 aliphatic heterocycles. The molecule has 2 aliphatic rings. The molecule has 2 fully saturated rings. The second-order valence-corrected chi connectivity index (χ2v) is 8.41. The van der Waals surface area contributed by atoms with Crippen LogP contribution >= 0.6 is 24.8 Å². The SMILES string of the molecule is CCN1CCCC[C@H]1C(=O)N1CCN(Cc2ccccc2-c2ccc(F)cc2)CC1.Cl.Cl. The van der Waals surface area contributed by atoms with Gasteiger partial charge in [0.2, 0.25) is 5.91 Å². The van der Waals surface area contributed by atoms with Crippen LogP contribution in [-0.4, -0.2) is 65.9 Å². The number of likely N-dealkylation sites (tertiary alicyclic amines) is 1. The van der Waals surface area contributed by atoms with Gasteiger partial charge in [0.25, 0.3) is 0 Å². The lowest BCUT2D eigenvalue weighted by Gasteiger charge is -2.40. The van der Waals surface area contributed by atoms with Crippen LogP contribution in [0.1, 0.15) is 31.7 Å². The van der Waals surface area contributed by atoms with Crippen molar-refractivity contribution in [3.05, 3.63) is 59.9 Å². The summed E-state index contributed by atoms with van der Waals surface area (Å²) in [5.74, 6) is 0.111. The van der Waals surface area contributed by atoms with Gasteiger partial charge < -0.3 is 4.90 Å². The average molecular weight is 482 g/mol. The van der Waals surface area contributed by atoms with Gasteiger partial charge in [0.15, 0.2) is 0 Å². The molecule has 4 nitrogen and oxygen atoms in total. The van der Waals surface area contributed by atoms with Crippen molar-refractivity contribution in [1.82, 2.24) is 14.7 Å². The molecule has 0 aromatic heterocycles. The van der Waals surface area contributed by atoms with Crippen molar-refractivity contribution in [3.63, 3.8) is 0 Å². The average Bonchev–Trinajstić information content (AvgIpc) is 2.80. The van der Waals surface area contributed by atoms with E-state index in [1.165, 1.54) is 24.1 Å². The smallest absolute Gasteiger partial charge is 0.240 e. The molecule has 0 N–H and O–H groups in total. The highest BCUT2D eigenvalue weighted by atomic mass is 35.5. The Kier molecular flexibility index (Phi) is 10.4.